The number of amides is 1. The molecule has 1 unspecified atom stereocenters. The number of morpholine rings is 1. The van der Waals surface area contributed by atoms with Crippen LogP contribution >= 0.6 is 0 Å². The number of carbonyl (C=O) groups is 1. The molecular formula is C14H20N2O2. The summed E-state index contributed by atoms with van der Waals surface area (Å²) in [5, 5.41) is 0. The topological polar surface area (TPSA) is 55.6 Å². The fourth-order valence-corrected chi connectivity index (χ4v) is 2.15. The molecule has 1 aliphatic rings. The maximum absolute atomic E-state index is 12.3. The minimum atomic E-state index is -0.578. The molecule has 1 amide bonds. The van der Waals surface area contributed by atoms with Gasteiger partial charge in [0.25, 0.3) is 0 Å². The van der Waals surface area contributed by atoms with Gasteiger partial charge in [0.05, 0.1) is 19.3 Å². The highest BCUT2D eigenvalue weighted by molar-refractivity contribution is 5.83. The quantitative estimate of drug-likeness (QED) is 0.856. The van der Waals surface area contributed by atoms with Crippen LogP contribution in [0, 0.1) is 6.92 Å². The summed E-state index contributed by atoms with van der Waals surface area (Å²) in [4.78, 5) is 14.2. The molecule has 1 aliphatic heterocycles. The third-order valence-corrected chi connectivity index (χ3v) is 3.35. The van der Waals surface area contributed by atoms with Crippen molar-refractivity contribution in [2.45, 2.75) is 25.9 Å². The van der Waals surface area contributed by atoms with Gasteiger partial charge >= 0.3 is 0 Å². The summed E-state index contributed by atoms with van der Waals surface area (Å²) in [6.07, 6.45) is 0. The molecule has 2 atom stereocenters. The van der Waals surface area contributed by atoms with E-state index >= 15 is 0 Å². The molecule has 1 aromatic carbocycles. The molecule has 4 heteroatoms. The van der Waals surface area contributed by atoms with Crippen molar-refractivity contribution in [1.29, 1.82) is 0 Å². The lowest BCUT2D eigenvalue weighted by atomic mass is 10.0. The molecule has 98 valence electrons. The predicted octanol–water partition coefficient (Wildman–Crippen LogP) is 1.24. The van der Waals surface area contributed by atoms with Crippen LogP contribution in [0.25, 0.3) is 0 Å². The van der Waals surface area contributed by atoms with Crippen LogP contribution in [0.15, 0.2) is 24.3 Å². The smallest absolute Gasteiger partial charge is 0.244 e. The normalized spacial score (nSPS) is 21.7. The first-order chi connectivity index (χ1) is 8.59. The highest BCUT2D eigenvalue weighted by Crippen LogP contribution is 2.17. The van der Waals surface area contributed by atoms with E-state index < -0.39 is 6.04 Å². The molecule has 2 N–H and O–H groups in total. The van der Waals surface area contributed by atoms with Crippen molar-refractivity contribution >= 4 is 5.91 Å². The Morgan fingerprint density at radius 3 is 2.72 bits per heavy atom. The number of benzene rings is 1. The first-order valence-corrected chi connectivity index (χ1v) is 6.30. The monoisotopic (exact) mass is 248 g/mol. The molecule has 1 aromatic rings. The molecular weight excluding hydrogens is 228 g/mol. The maximum Gasteiger partial charge on any atom is 0.244 e. The van der Waals surface area contributed by atoms with E-state index in [9.17, 15) is 4.79 Å². The predicted molar refractivity (Wildman–Crippen MR) is 70.1 cm³/mol. The molecule has 0 bridgehead atoms. The van der Waals surface area contributed by atoms with E-state index in [2.05, 4.69) is 0 Å². The standard InChI is InChI=1S/C14H20N2O2/c1-10-3-5-12(6-4-10)13(15)14(17)16-7-8-18-9-11(16)2/h3-6,11,13H,7-9,15H2,1-2H3/t11-,13?/m1/s1. The van der Waals surface area contributed by atoms with Crippen molar-refractivity contribution in [1.82, 2.24) is 4.90 Å². The van der Waals surface area contributed by atoms with Gasteiger partial charge in [0.2, 0.25) is 5.91 Å². The second kappa shape index (κ2) is 5.50. The number of carbonyl (C=O) groups excluding carboxylic acids is 1. The van der Waals surface area contributed by atoms with Crippen molar-refractivity contribution in [3.05, 3.63) is 35.4 Å². The van der Waals surface area contributed by atoms with Gasteiger partial charge in [0, 0.05) is 6.54 Å². The minimum Gasteiger partial charge on any atom is -0.377 e. The van der Waals surface area contributed by atoms with Crippen molar-refractivity contribution in [3.63, 3.8) is 0 Å². The molecule has 0 aliphatic carbocycles. The first kappa shape index (κ1) is 13.1. The molecule has 0 spiro atoms. The number of hydrogen-bond acceptors (Lipinski definition) is 3. The number of ether oxygens (including phenoxy) is 1. The van der Waals surface area contributed by atoms with E-state index in [1.54, 1.807) is 0 Å². The zero-order chi connectivity index (χ0) is 13.1. The number of nitrogens with zero attached hydrogens (tertiary/aromatic N) is 1. The number of aryl methyl sites for hydroxylation is 1. The third kappa shape index (κ3) is 2.71. The lowest BCUT2D eigenvalue weighted by Gasteiger charge is -2.35. The zero-order valence-corrected chi connectivity index (χ0v) is 10.9. The van der Waals surface area contributed by atoms with Crippen LogP contribution in [0.1, 0.15) is 24.1 Å². The largest absolute Gasteiger partial charge is 0.377 e. The maximum atomic E-state index is 12.3. The van der Waals surface area contributed by atoms with E-state index in [1.165, 1.54) is 0 Å². The molecule has 1 heterocycles. The van der Waals surface area contributed by atoms with Crippen LogP contribution in [-0.2, 0) is 9.53 Å². The number of hydrogen-bond donors (Lipinski definition) is 1. The Hall–Kier alpha value is -1.39. The van der Waals surface area contributed by atoms with E-state index in [1.807, 2.05) is 43.0 Å². The first-order valence-electron chi connectivity index (χ1n) is 6.30. The van der Waals surface area contributed by atoms with E-state index in [0.717, 1.165) is 11.1 Å². The highest BCUT2D eigenvalue weighted by atomic mass is 16.5. The Bertz CT molecular complexity index is 416. The summed E-state index contributed by atoms with van der Waals surface area (Å²) in [6, 6.07) is 7.32. The van der Waals surface area contributed by atoms with Crippen LogP contribution < -0.4 is 5.73 Å². The van der Waals surface area contributed by atoms with E-state index in [-0.39, 0.29) is 11.9 Å². The van der Waals surface area contributed by atoms with Crippen LogP contribution in [0.3, 0.4) is 0 Å². The Balaban J connectivity index is 2.10. The second-order valence-corrected chi connectivity index (χ2v) is 4.84. The average molecular weight is 248 g/mol. The molecule has 0 saturated carbocycles. The van der Waals surface area contributed by atoms with Gasteiger partial charge < -0.3 is 15.4 Å². The van der Waals surface area contributed by atoms with Crippen molar-refractivity contribution in [2.24, 2.45) is 5.73 Å². The zero-order valence-electron chi connectivity index (χ0n) is 10.9. The van der Waals surface area contributed by atoms with Gasteiger partial charge in [-0.05, 0) is 19.4 Å². The van der Waals surface area contributed by atoms with Crippen LogP contribution in [0.5, 0.6) is 0 Å². The number of nitrogens with two attached hydrogens (primary N) is 1. The Kier molecular flexibility index (Phi) is 3.99. The fraction of sp³-hybridized carbons (Fsp3) is 0.500. The van der Waals surface area contributed by atoms with Crippen molar-refractivity contribution < 1.29 is 9.53 Å². The molecule has 0 radical (unpaired) electrons. The summed E-state index contributed by atoms with van der Waals surface area (Å²) in [7, 11) is 0. The van der Waals surface area contributed by atoms with Gasteiger partial charge in [0.15, 0.2) is 0 Å². The Morgan fingerprint density at radius 2 is 2.11 bits per heavy atom. The van der Waals surface area contributed by atoms with Crippen LogP contribution in [0.2, 0.25) is 0 Å². The molecule has 2 rings (SSSR count). The molecule has 1 saturated heterocycles. The summed E-state index contributed by atoms with van der Waals surface area (Å²) in [6.45, 7) is 5.81. The third-order valence-electron chi connectivity index (χ3n) is 3.35. The van der Waals surface area contributed by atoms with Crippen molar-refractivity contribution in [3.8, 4) is 0 Å². The van der Waals surface area contributed by atoms with Gasteiger partial charge in [-0.2, -0.15) is 0 Å². The van der Waals surface area contributed by atoms with Gasteiger partial charge in [-0.25, -0.2) is 0 Å². The summed E-state index contributed by atoms with van der Waals surface area (Å²) >= 11 is 0. The van der Waals surface area contributed by atoms with Crippen LogP contribution in [0.4, 0.5) is 0 Å². The van der Waals surface area contributed by atoms with Crippen molar-refractivity contribution in [2.75, 3.05) is 19.8 Å². The molecule has 4 nitrogen and oxygen atoms in total. The van der Waals surface area contributed by atoms with Gasteiger partial charge in [-0.3, -0.25) is 4.79 Å². The van der Waals surface area contributed by atoms with Gasteiger partial charge in [0.1, 0.15) is 6.04 Å². The lowest BCUT2D eigenvalue weighted by molar-refractivity contribution is -0.140. The van der Waals surface area contributed by atoms with E-state index in [4.69, 9.17) is 10.5 Å². The Labute approximate surface area is 108 Å². The SMILES string of the molecule is Cc1ccc(C(N)C(=O)N2CCOC[C@H]2C)cc1. The molecule has 18 heavy (non-hydrogen) atoms. The Morgan fingerprint density at radius 1 is 1.44 bits per heavy atom. The summed E-state index contributed by atoms with van der Waals surface area (Å²) in [5.74, 6) is -0.0188. The second-order valence-electron chi connectivity index (χ2n) is 4.84. The summed E-state index contributed by atoms with van der Waals surface area (Å²) in [5.41, 5.74) is 8.08. The van der Waals surface area contributed by atoms with E-state index in [0.29, 0.717) is 19.8 Å². The lowest BCUT2D eigenvalue weighted by Crippen LogP contribution is -2.50. The molecule has 1 fully saturated rings. The van der Waals surface area contributed by atoms with Crippen LogP contribution in [-0.4, -0.2) is 36.6 Å². The van der Waals surface area contributed by atoms with Gasteiger partial charge in [-0.1, -0.05) is 29.8 Å². The number of rotatable bonds is 2. The average Bonchev–Trinajstić information content (AvgIpc) is 2.38. The fourth-order valence-electron chi connectivity index (χ4n) is 2.15. The molecule has 0 aromatic heterocycles. The minimum absolute atomic E-state index is 0.0188. The highest BCUT2D eigenvalue weighted by Gasteiger charge is 2.28. The summed E-state index contributed by atoms with van der Waals surface area (Å²) < 4.78 is 5.33. The van der Waals surface area contributed by atoms with Gasteiger partial charge in [-0.15, -0.1) is 0 Å².